The van der Waals surface area contributed by atoms with Gasteiger partial charge in [-0.3, -0.25) is 0 Å². The third kappa shape index (κ3) is 8.88. The molecule has 1 aromatic rings. The predicted octanol–water partition coefficient (Wildman–Crippen LogP) is 3.14. The highest BCUT2D eigenvalue weighted by Gasteiger charge is 1.95. The lowest BCUT2D eigenvalue weighted by Crippen LogP contribution is -1.85. The van der Waals surface area contributed by atoms with Crippen molar-refractivity contribution in [3.63, 3.8) is 0 Å². The highest BCUT2D eigenvalue weighted by molar-refractivity contribution is 5.44. The summed E-state index contributed by atoms with van der Waals surface area (Å²) in [6.07, 6.45) is 0.750. The molecule has 0 heterocycles. The van der Waals surface area contributed by atoms with Crippen molar-refractivity contribution in [1.29, 1.82) is 0 Å². The summed E-state index contributed by atoms with van der Waals surface area (Å²) >= 11 is 0. The van der Waals surface area contributed by atoms with E-state index in [-0.39, 0.29) is 0 Å². The molecule has 0 spiro atoms. The lowest BCUT2D eigenvalue weighted by molar-refractivity contribution is -0.106. The average Bonchev–Trinajstić information content (AvgIpc) is 2.22. The third-order valence-electron chi connectivity index (χ3n) is 1.74. The van der Waals surface area contributed by atoms with Crippen molar-refractivity contribution in [2.45, 2.75) is 33.6 Å². The molecule has 0 atom stereocenters. The van der Waals surface area contributed by atoms with E-state index in [1.807, 2.05) is 6.79 Å². The second-order valence-electron chi connectivity index (χ2n) is 3.30. The van der Waals surface area contributed by atoms with Crippen molar-refractivity contribution in [2.75, 3.05) is 0 Å². The number of hydrogen-bond donors (Lipinski definition) is 0. The second kappa shape index (κ2) is 10.6. The van der Waals surface area contributed by atoms with Gasteiger partial charge < -0.3 is 9.59 Å². The largest absolute Gasteiger partial charge is 0.307 e. The molecule has 0 unspecified atom stereocenters. The van der Waals surface area contributed by atoms with Gasteiger partial charge in [0.05, 0.1) is 0 Å². The highest BCUT2D eigenvalue weighted by atomic mass is 16.1. The third-order valence-corrected chi connectivity index (χ3v) is 1.74. The normalized spacial score (nSPS) is 8.07. The number of aryl methyl sites for hydroxylation is 1. The molecular formula is C13H20O2. The molecule has 0 bridgehead atoms. The lowest BCUT2D eigenvalue weighted by Gasteiger charge is -2.03. The minimum atomic E-state index is 0.653. The lowest BCUT2D eigenvalue weighted by atomic mass is 10.0. The van der Waals surface area contributed by atoms with Crippen LogP contribution >= 0.6 is 0 Å². The van der Waals surface area contributed by atoms with Gasteiger partial charge >= 0.3 is 0 Å². The van der Waals surface area contributed by atoms with Gasteiger partial charge in [-0.2, -0.15) is 0 Å². The van der Waals surface area contributed by atoms with Crippen LogP contribution in [0.5, 0.6) is 0 Å². The van der Waals surface area contributed by atoms with Gasteiger partial charge in [-0.05, 0) is 25.3 Å². The quantitative estimate of drug-likeness (QED) is 0.664. The Morgan fingerprint density at radius 3 is 1.73 bits per heavy atom. The van der Waals surface area contributed by atoms with Gasteiger partial charge in [0.15, 0.2) is 0 Å². The number of aldehydes is 1. The van der Waals surface area contributed by atoms with Crippen molar-refractivity contribution >= 4 is 13.1 Å². The fraction of sp³-hybridized carbons (Fsp3) is 0.385. The molecule has 0 radical (unpaired) electrons. The van der Waals surface area contributed by atoms with Crippen LogP contribution in [0.15, 0.2) is 24.3 Å². The van der Waals surface area contributed by atoms with Gasteiger partial charge in [-0.25, -0.2) is 0 Å². The van der Waals surface area contributed by atoms with E-state index in [4.69, 9.17) is 9.59 Å². The number of carbonyl (C=O) groups is 2. The SMILES string of the molecule is C=O.CC=O.Cc1ccc(C(C)C)cc1. The Labute approximate surface area is 92.3 Å². The topological polar surface area (TPSA) is 34.1 Å². The Kier molecular flexibility index (Phi) is 11.4. The van der Waals surface area contributed by atoms with Crippen molar-refractivity contribution in [3.05, 3.63) is 35.4 Å². The molecule has 0 fully saturated rings. The molecule has 0 aliphatic heterocycles. The molecule has 1 rings (SSSR count). The van der Waals surface area contributed by atoms with Crippen molar-refractivity contribution in [3.8, 4) is 0 Å². The molecule has 0 aliphatic carbocycles. The van der Waals surface area contributed by atoms with Crippen molar-refractivity contribution in [2.24, 2.45) is 0 Å². The molecule has 0 saturated heterocycles. The Bertz CT molecular complexity index is 250. The van der Waals surface area contributed by atoms with E-state index in [9.17, 15) is 0 Å². The molecule has 0 N–H and O–H groups in total. The minimum Gasteiger partial charge on any atom is -0.307 e. The second-order valence-corrected chi connectivity index (χ2v) is 3.30. The molecule has 0 saturated carbocycles. The van der Waals surface area contributed by atoms with Crippen LogP contribution in [0.1, 0.15) is 37.8 Å². The molecule has 84 valence electrons. The van der Waals surface area contributed by atoms with E-state index in [1.54, 1.807) is 0 Å². The fourth-order valence-corrected chi connectivity index (χ4v) is 0.951. The van der Waals surface area contributed by atoms with Gasteiger partial charge in [0.25, 0.3) is 0 Å². The van der Waals surface area contributed by atoms with Crippen LogP contribution in [0.25, 0.3) is 0 Å². The summed E-state index contributed by atoms with van der Waals surface area (Å²) in [6, 6.07) is 8.71. The van der Waals surface area contributed by atoms with E-state index >= 15 is 0 Å². The fourth-order valence-electron chi connectivity index (χ4n) is 0.951. The van der Waals surface area contributed by atoms with E-state index < -0.39 is 0 Å². The van der Waals surface area contributed by atoms with E-state index in [2.05, 4.69) is 45.0 Å². The van der Waals surface area contributed by atoms with Crippen molar-refractivity contribution in [1.82, 2.24) is 0 Å². The summed E-state index contributed by atoms with van der Waals surface area (Å²) in [5.74, 6) is 0.653. The maximum Gasteiger partial charge on any atom is 0.116 e. The van der Waals surface area contributed by atoms with Crippen LogP contribution in [0.4, 0.5) is 0 Å². The zero-order valence-corrected chi connectivity index (χ0v) is 9.99. The van der Waals surface area contributed by atoms with Crippen LogP contribution < -0.4 is 0 Å². The Hall–Kier alpha value is -1.44. The zero-order chi connectivity index (χ0) is 12.3. The summed E-state index contributed by atoms with van der Waals surface area (Å²) in [7, 11) is 0. The Morgan fingerprint density at radius 2 is 1.47 bits per heavy atom. The molecule has 2 nitrogen and oxygen atoms in total. The number of carbonyl (C=O) groups excluding carboxylic acids is 2. The predicted molar refractivity (Wildman–Crippen MR) is 64.1 cm³/mol. The molecule has 15 heavy (non-hydrogen) atoms. The van der Waals surface area contributed by atoms with E-state index in [0.717, 1.165) is 6.29 Å². The maximum absolute atomic E-state index is 8.81. The molecule has 0 aromatic heterocycles. The van der Waals surface area contributed by atoms with Gasteiger partial charge in [0.1, 0.15) is 13.1 Å². The minimum absolute atomic E-state index is 0.653. The van der Waals surface area contributed by atoms with Gasteiger partial charge in [-0.15, -0.1) is 0 Å². The Balaban J connectivity index is 0. The molecular weight excluding hydrogens is 188 g/mol. The summed E-state index contributed by atoms with van der Waals surface area (Å²) in [4.78, 5) is 16.8. The number of benzene rings is 1. The smallest absolute Gasteiger partial charge is 0.116 e. The monoisotopic (exact) mass is 208 g/mol. The van der Waals surface area contributed by atoms with Gasteiger partial charge in [-0.1, -0.05) is 43.7 Å². The van der Waals surface area contributed by atoms with Crippen LogP contribution in [0.3, 0.4) is 0 Å². The molecule has 2 heteroatoms. The standard InChI is InChI=1S/C10H14.C2H4O.CH2O/c1-8(2)10-6-4-9(3)5-7-10;1-2-3;1-2/h4-8H,1-3H3;2H,1H3;1H2. The first-order chi connectivity index (χ1) is 7.11. The average molecular weight is 208 g/mol. The van der Waals surface area contributed by atoms with E-state index in [1.165, 1.54) is 18.1 Å². The molecule has 1 aromatic carbocycles. The first-order valence-electron chi connectivity index (χ1n) is 4.87. The first-order valence-corrected chi connectivity index (χ1v) is 4.87. The maximum atomic E-state index is 8.81. The van der Waals surface area contributed by atoms with Gasteiger partial charge in [0.2, 0.25) is 0 Å². The zero-order valence-electron chi connectivity index (χ0n) is 9.99. The van der Waals surface area contributed by atoms with Crippen LogP contribution in [0.2, 0.25) is 0 Å². The summed E-state index contributed by atoms with van der Waals surface area (Å²) in [5, 5.41) is 0. The summed E-state index contributed by atoms with van der Waals surface area (Å²) in [6.45, 7) is 9.99. The van der Waals surface area contributed by atoms with Crippen LogP contribution in [-0.4, -0.2) is 13.1 Å². The van der Waals surface area contributed by atoms with E-state index in [0.29, 0.717) is 5.92 Å². The van der Waals surface area contributed by atoms with Crippen LogP contribution in [0, 0.1) is 6.92 Å². The molecule has 0 aliphatic rings. The van der Waals surface area contributed by atoms with Gasteiger partial charge in [0, 0.05) is 0 Å². The van der Waals surface area contributed by atoms with Crippen molar-refractivity contribution < 1.29 is 9.59 Å². The summed E-state index contributed by atoms with van der Waals surface area (Å²) in [5.41, 5.74) is 2.76. The first kappa shape index (κ1) is 16.0. The highest BCUT2D eigenvalue weighted by Crippen LogP contribution is 2.13. The Morgan fingerprint density at radius 1 is 1.13 bits per heavy atom. The number of hydrogen-bond acceptors (Lipinski definition) is 2. The molecule has 0 amide bonds. The summed E-state index contributed by atoms with van der Waals surface area (Å²) < 4.78 is 0. The van der Waals surface area contributed by atoms with Crippen LogP contribution in [-0.2, 0) is 9.59 Å². The number of rotatable bonds is 1.